The SMILES string of the molecule is CN1CCc2c3n(c4ccccc24)C(=O)C2C(O)CC=C(C=O)C2CC31. The number of aliphatic hydroxyl groups is 1. The van der Waals surface area contributed by atoms with Crippen LogP contribution in [-0.4, -0.2) is 46.5 Å². The van der Waals surface area contributed by atoms with Crippen molar-refractivity contribution in [2.24, 2.45) is 11.8 Å². The van der Waals surface area contributed by atoms with Crippen LogP contribution in [0.1, 0.15) is 34.9 Å². The molecule has 4 atom stereocenters. The highest BCUT2D eigenvalue weighted by Crippen LogP contribution is 2.47. The molecule has 0 spiro atoms. The van der Waals surface area contributed by atoms with Crippen LogP contribution in [0.2, 0.25) is 0 Å². The van der Waals surface area contributed by atoms with Crippen LogP contribution in [0.25, 0.3) is 10.9 Å². The van der Waals surface area contributed by atoms with Crippen LogP contribution in [0.3, 0.4) is 0 Å². The van der Waals surface area contributed by atoms with Gasteiger partial charge < -0.3 is 5.11 Å². The zero-order valence-electron chi connectivity index (χ0n) is 14.8. The molecule has 0 saturated heterocycles. The molecule has 0 saturated carbocycles. The Labute approximate surface area is 151 Å². The predicted octanol–water partition coefficient (Wildman–Crippen LogP) is 2.34. The van der Waals surface area contributed by atoms with Crippen LogP contribution in [0.15, 0.2) is 35.9 Å². The Kier molecular flexibility index (Phi) is 3.46. The first-order valence-electron chi connectivity index (χ1n) is 9.31. The molecule has 1 aromatic carbocycles. The second-order valence-corrected chi connectivity index (χ2v) is 7.79. The van der Waals surface area contributed by atoms with Crippen molar-refractivity contribution in [3.63, 3.8) is 0 Å². The molecule has 0 radical (unpaired) electrons. The summed E-state index contributed by atoms with van der Waals surface area (Å²) in [6, 6.07) is 8.14. The van der Waals surface area contributed by atoms with Gasteiger partial charge in [-0.25, -0.2) is 0 Å². The number of carbonyl (C=O) groups excluding carboxylic acids is 2. The number of nitrogens with zero attached hydrogens (tertiary/aromatic N) is 2. The molecule has 0 bridgehead atoms. The van der Waals surface area contributed by atoms with E-state index in [9.17, 15) is 14.7 Å². The van der Waals surface area contributed by atoms with E-state index in [0.29, 0.717) is 18.4 Å². The zero-order chi connectivity index (χ0) is 18.0. The van der Waals surface area contributed by atoms with E-state index in [1.165, 1.54) is 5.56 Å². The van der Waals surface area contributed by atoms with Crippen molar-refractivity contribution in [2.45, 2.75) is 31.4 Å². The molecule has 1 N–H and O–H groups in total. The number of para-hydroxylation sites is 1. The summed E-state index contributed by atoms with van der Waals surface area (Å²) >= 11 is 0. The van der Waals surface area contributed by atoms with Gasteiger partial charge in [0.2, 0.25) is 5.91 Å². The second-order valence-electron chi connectivity index (χ2n) is 7.79. The van der Waals surface area contributed by atoms with E-state index >= 15 is 0 Å². The fourth-order valence-corrected chi connectivity index (χ4v) is 5.30. The monoisotopic (exact) mass is 350 g/mol. The number of benzene rings is 1. The summed E-state index contributed by atoms with van der Waals surface area (Å²) < 4.78 is 1.85. The molecule has 1 aromatic heterocycles. The molecule has 0 fully saturated rings. The lowest BCUT2D eigenvalue weighted by atomic mass is 9.73. The molecule has 5 nitrogen and oxygen atoms in total. The fraction of sp³-hybridized carbons (Fsp3) is 0.429. The maximum Gasteiger partial charge on any atom is 0.237 e. The summed E-state index contributed by atoms with van der Waals surface area (Å²) in [5, 5.41) is 11.8. The highest BCUT2D eigenvalue weighted by molar-refractivity contribution is 5.98. The molecule has 0 amide bonds. The van der Waals surface area contributed by atoms with Gasteiger partial charge in [0.15, 0.2) is 0 Å². The fourth-order valence-electron chi connectivity index (χ4n) is 5.30. The average molecular weight is 350 g/mol. The van der Waals surface area contributed by atoms with E-state index in [1.54, 1.807) is 0 Å². The molecule has 3 heterocycles. The Morgan fingerprint density at radius 2 is 2.08 bits per heavy atom. The zero-order valence-corrected chi connectivity index (χ0v) is 14.8. The van der Waals surface area contributed by atoms with Gasteiger partial charge in [-0.15, -0.1) is 0 Å². The summed E-state index contributed by atoms with van der Waals surface area (Å²) in [6.45, 7) is 0.930. The van der Waals surface area contributed by atoms with E-state index in [0.717, 1.165) is 35.8 Å². The number of likely N-dealkylation sites (N-methyl/N-ethyl adjacent to an activating group) is 1. The van der Waals surface area contributed by atoms with Gasteiger partial charge in [-0.2, -0.15) is 0 Å². The first-order chi connectivity index (χ1) is 12.6. The van der Waals surface area contributed by atoms with E-state index in [2.05, 4.69) is 18.0 Å². The minimum Gasteiger partial charge on any atom is -0.392 e. The van der Waals surface area contributed by atoms with Crippen LogP contribution in [0.5, 0.6) is 0 Å². The van der Waals surface area contributed by atoms with Gasteiger partial charge in [-0.1, -0.05) is 24.3 Å². The van der Waals surface area contributed by atoms with Crippen molar-refractivity contribution < 1.29 is 14.7 Å². The second kappa shape index (κ2) is 5.63. The van der Waals surface area contributed by atoms with Crippen LogP contribution >= 0.6 is 0 Å². The van der Waals surface area contributed by atoms with Crippen molar-refractivity contribution in [3.8, 4) is 0 Å². The number of hydrogen-bond acceptors (Lipinski definition) is 4. The molecule has 4 unspecified atom stereocenters. The summed E-state index contributed by atoms with van der Waals surface area (Å²) in [7, 11) is 2.09. The van der Waals surface area contributed by atoms with Crippen LogP contribution in [0.4, 0.5) is 0 Å². The smallest absolute Gasteiger partial charge is 0.237 e. The number of carbonyl (C=O) groups is 2. The van der Waals surface area contributed by atoms with Gasteiger partial charge in [0, 0.05) is 23.5 Å². The third-order valence-electron chi connectivity index (χ3n) is 6.57. The molecule has 2 aromatic rings. The highest BCUT2D eigenvalue weighted by atomic mass is 16.3. The van der Waals surface area contributed by atoms with Crippen LogP contribution in [0, 0.1) is 11.8 Å². The summed E-state index contributed by atoms with van der Waals surface area (Å²) in [6.07, 6.45) is 3.92. The van der Waals surface area contributed by atoms with Gasteiger partial charge in [-0.05, 0) is 43.5 Å². The van der Waals surface area contributed by atoms with E-state index in [4.69, 9.17) is 0 Å². The van der Waals surface area contributed by atoms with Crippen molar-refractivity contribution in [1.29, 1.82) is 0 Å². The largest absolute Gasteiger partial charge is 0.392 e. The lowest BCUT2D eigenvalue weighted by Gasteiger charge is -2.36. The lowest BCUT2D eigenvalue weighted by molar-refractivity contribution is -0.105. The third-order valence-corrected chi connectivity index (χ3v) is 6.57. The number of aldehydes is 1. The number of hydrogen-bond donors (Lipinski definition) is 1. The molecule has 2 aliphatic heterocycles. The maximum absolute atomic E-state index is 13.6. The molecule has 26 heavy (non-hydrogen) atoms. The van der Waals surface area contributed by atoms with Crippen molar-refractivity contribution in [2.75, 3.05) is 13.6 Å². The Bertz CT molecular complexity index is 958. The summed E-state index contributed by atoms with van der Waals surface area (Å²) in [5.74, 6) is -0.842. The summed E-state index contributed by atoms with van der Waals surface area (Å²) in [5.41, 5.74) is 3.92. The van der Waals surface area contributed by atoms with Crippen molar-refractivity contribution >= 4 is 23.1 Å². The lowest BCUT2D eigenvalue weighted by Crippen LogP contribution is -2.40. The first kappa shape index (κ1) is 16.0. The van der Waals surface area contributed by atoms with Crippen molar-refractivity contribution in [1.82, 2.24) is 9.47 Å². The molecule has 134 valence electrons. The predicted molar refractivity (Wildman–Crippen MR) is 98.0 cm³/mol. The first-order valence-corrected chi connectivity index (χ1v) is 9.31. The number of aliphatic hydroxyl groups excluding tert-OH is 1. The van der Waals surface area contributed by atoms with Crippen molar-refractivity contribution in [3.05, 3.63) is 47.2 Å². The molecular formula is C21H22N2O3. The van der Waals surface area contributed by atoms with Gasteiger partial charge >= 0.3 is 0 Å². The Hall–Kier alpha value is -2.24. The van der Waals surface area contributed by atoms with E-state index in [-0.39, 0.29) is 17.9 Å². The summed E-state index contributed by atoms with van der Waals surface area (Å²) in [4.78, 5) is 27.5. The number of aromatic nitrogens is 1. The van der Waals surface area contributed by atoms with Crippen LogP contribution < -0.4 is 0 Å². The van der Waals surface area contributed by atoms with Crippen LogP contribution in [-0.2, 0) is 11.2 Å². The number of fused-ring (bicyclic) bond motifs is 4. The molecular weight excluding hydrogens is 328 g/mol. The number of rotatable bonds is 1. The average Bonchev–Trinajstić information content (AvgIpc) is 2.90. The van der Waals surface area contributed by atoms with Gasteiger partial charge in [0.05, 0.1) is 23.6 Å². The van der Waals surface area contributed by atoms with E-state index in [1.807, 2.05) is 28.8 Å². The third kappa shape index (κ3) is 1.98. The molecule has 3 aliphatic rings. The van der Waals surface area contributed by atoms with Gasteiger partial charge in [-0.3, -0.25) is 19.1 Å². The molecule has 1 aliphatic carbocycles. The number of allylic oxidation sites excluding steroid dienone is 1. The minimum absolute atomic E-state index is 0.0646. The van der Waals surface area contributed by atoms with Gasteiger partial charge in [0.1, 0.15) is 6.29 Å². The Balaban J connectivity index is 1.80. The molecule has 5 heteroatoms. The topological polar surface area (TPSA) is 62.5 Å². The maximum atomic E-state index is 13.6. The highest BCUT2D eigenvalue weighted by Gasteiger charge is 2.47. The Morgan fingerprint density at radius 1 is 1.27 bits per heavy atom. The Morgan fingerprint density at radius 3 is 2.88 bits per heavy atom. The van der Waals surface area contributed by atoms with E-state index < -0.39 is 12.0 Å². The normalized spacial score (nSPS) is 31.2. The minimum atomic E-state index is -0.738. The quantitative estimate of drug-likeness (QED) is 0.802. The standard InChI is InChI=1S/C21H22N2O3/c1-22-9-8-14-13-4-2-3-5-16(13)23-20(14)17(22)10-15-12(11-24)6-7-18(25)19(15)21(23)26/h2-6,11,15,17-19,25H,7-10H2,1H3. The molecule has 5 rings (SSSR count). The van der Waals surface area contributed by atoms with Gasteiger partial charge in [0.25, 0.3) is 0 Å².